The summed E-state index contributed by atoms with van der Waals surface area (Å²) in [5.41, 5.74) is -0.213. The molecule has 1 fully saturated rings. The number of carbonyl (C=O) groups is 6. The lowest BCUT2D eigenvalue weighted by Crippen LogP contribution is -2.59. The fourth-order valence-corrected chi connectivity index (χ4v) is 8.64. The molecule has 0 spiro atoms. The Kier molecular flexibility index (Phi) is 21.1. The topological polar surface area (TPSA) is 225 Å². The molecular formula is C47H69FN6O13. The summed E-state index contributed by atoms with van der Waals surface area (Å²) in [6.07, 6.45) is -3.73. The van der Waals surface area contributed by atoms with Crippen LogP contribution in [0.1, 0.15) is 78.1 Å². The lowest BCUT2D eigenvalue weighted by atomic mass is 9.89. The van der Waals surface area contributed by atoms with Crippen molar-refractivity contribution in [3.8, 4) is 11.5 Å². The zero-order valence-corrected chi connectivity index (χ0v) is 40.9. The summed E-state index contributed by atoms with van der Waals surface area (Å²) >= 11 is 0. The van der Waals surface area contributed by atoms with E-state index in [-0.39, 0.29) is 71.7 Å². The van der Waals surface area contributed by atoms with Crippen LogP contribution in [0.5, 0.6) is 11.5 Å². The molecular weight excluding hydrogens is 876 g/mol. The van der Waals surface area contributed by atoms with Gasteiger partial charge in [0.15, 0.2) is 17.3 Å². The third kappa shape index (κ3) is 14.6. The Bertz CT molecular complexity index is 2030. The van der Waals surface area contributed by atoms with Gasteiger partial charge in [-0.05, 0) is 62.2 Å². The standard InChI is InChI=1S/C47H69FN6O13/c1-14-28(6)42(52(10)46(59)40(26(2)3)50-45(58)41(27(4)5)51(8)9)38(64-12)23-39(56)53-25-33(67-47(60)66-32-18-16-31(17-19-32)54(61)62)22-35(53)43(65-13)29(7)44(57)49-24-36(55)30-15-20-37(63-11)34(48)21-30/h15-21,26-29,33,35,38,40-43H,14,22-25H2,1-13H3,(H,49,57)(H,50,58)/t28-,29+,33-,35-,38+,40-,41-,42-,43+/m0/s1. The minimum absolute atomic E-state index is 0.00650. The molecule has 67 heavy (non-hydrogen) atoms. The number of hydrogen-bond donors (Lipinski definition) is 2. The van der Waals surface area contributed by atoms with Crippen molar-refractivity contribution in [2.75, 3.05) is 55.6 Å². The number of ketones is 1. The minimum atomic E-state index is -1.15. The van der Waals surface area contributed by atoms with E-state index in [0.29, 0.717) is 6.42 Å². The maximum Gasteiger partial charge on any atom is 0.514 e. The highest BCUT2D eigenvalue weighted by molar-refractivity contribution is 5.99. The summed E-state index contributed by atoms with van der Waals surface area (Å²) < 4.78 is 42.1. The van der Waals surface area contributed by atoms with Crippen LogP contribution in [0.3, 0.4) is 0 Å². The third-order valence-electron chi connectivity index (χ3n) is 12.4. The van der Waals surface area contributed by atoms with Crippen LogP contribution in [0.15, 0.2) is 42.5 Å². The Hall–Kier alpha value is -5.73. The second kappa shape index (κ2) is 25.4. The highest BCUT2D eigenvalue weighted by Gasteiger charge is 2.47. The van der Waals surface area contributed by atoms with Crippen molar-refractivity contribution >= 4 is 41.3 Å². The van der Waals surface area contributed by atoms with Crippen LogP contribution in [-0.4, -0.2) is 153 Å². The quantitative estimate of drug-likeness (QED) is 0.0471. The average molecular weight is 945 g/mol. The molecule has 0 bridgehead atoms. The molecule has 2 aromatic carbocycles. The summed E-state index contributed by atoms with van der Waals surface area (Å²) in [6, 6.07) is 5.50. The number of methoxy groups -OCH3 is 3. The van der Waals surface area contributed by atoms with E-state index in [0.717, 1.165) is 18.2 Å². The summed E-state index contributed by atoms with van der Waals surface area (Å²) in [7, 11) is 9.30. The van der Waals surface area contributed by atoms with Gasteiger partial charge in [-0.25, -0.2) is 9.18 Å². The number of benzene rings is 2. The highest BCUT2D eigenvalue weighted by Crippen LogP contribution is 2.32. The number of likely N-dealkylation sites (tertiary alicyclic amines) is 1. The van der Waals surface area contributed by atoms with Crippen molar-refractivity contribution in [3.63, 3.8) is 0 Å². The molecule has 0 unspecified atom stereocenters. The SMILES string of the molecule is CC[C@H](C)[C@@H]([C@@H](CC(=O)N1C[C@@H](OC(=O)Oc2ccc([N+](=O)[O-])cc2)C[C@H]1[C@H](OC)[C@@H](C)C(=O)NCC(=O)c1ccc(OC)c(F)c1)OC)N(C)C(=O)[C@@H](NC(=O)[C@H](C(C)C)N(C)C)C(C)C. The number of nitro groups is 1. The van der Waals surface area contributed by atoms with E-state index >= 15 is 0 Å². The number of Topliss-reactive ketones (excluding diaryl/α,β-unsaturated/α-hetero) is 1. The first kappa shape index (κ1) is 55.6. The minimum Gasteiger partial charge on any atom is -0.494 e. The molecule has 0 saturated carbocycles. The lowest BCUT2D eigenvalue weighted by molar-refractivity contribution is -0.384. The zero-order chi connectivity index (χ0) is 50.4. The molecule has 1 aliphatic heterocycles. The van der Waals surface area contributed by atoms with Gasteiger partial charge in [-0.3, -0.25) is 39.0 Å². The number of carbonyl (C=O) groups excluding carboxylic acids is 6. The van der Waals surface area contributed by atoms with Crippen LogP contribution in [-0.2, 0) is 33.4 Å². The highest BCUT2D eigenvalue weighted by atomic mass is 19.1. The van der Waals surface area contributed by atoms with Gasteiger partial charge in [0, 0.05) is 45.4 Å². The van der Waals surface area contributed by atoms with Crippen LogP contribution in [0.25, 0.3) is 0 Å². The predicted molar refractivity (Wildman–Crippen MR) is 245 cm³/mol. The number of likely N-dealkylation sites (N-methyl/N-ethyl adjacent to an activating group) is 2. The summed E-state index contributed by atoms with van der Waals surface area (Å²) in [5, 5.41) is 16.7. The summed E-state index contributed by atoms with van der Waals surface area (Å²) in [5.74, 6) is -4.69. The third-order valence-corrected chi connectivity index (χ3v) is 12.4. The number of amides is 4. The first-order valence-electron chi connectivity index (χ1n) is 22.4. The Morgan fingerprint density at radius 2 is 1.55 bits per heavy atom. The molecule has 372 valence electrons. The van der Waals surface area contributed by atoms with Gasteiger partial charge < -0.3 is 44.1 Å². The van der Waals surface area contributed by atoms with E-state index in [4.69, 9.17) is 23.7 Å². The van der Waals surface area contributed by atoms with Crippen molar-refractivity contribution in [2.45, 2.75) is 110 Å². The van der Waals surface area contributed by atoms with E-state index in [1.165, 1.54) is 55.4 Å². The van der Waals surface area contributed by atoms with E-state index < -0.39 is 89.4 Å². The van der Waals surface area contributed by atoms with E-state index in [1.807, 2.05) is 41.5 Å². The zero-order valence-electron chi connectivity index (χ0n) is 40.9. The number of halogens is 1. The Labute approximate surface area is 392 Å². The molecule has 1 heterocycles. The molecule has 19 nitrogen and oxygen atoms in total. The van der Waals surface area contributed by atoms with E-state index in [9.17, 15) is 43.3 Å². The molecule has 0 radical (unpaired) electrons. The molecule has 1 saturated heterocycles. The van der Waals surface area contributed by atoms with Crippen molar-refractivity contribution in [1.29, 1.82) is 0 Å². The second-order valence-electron chi connectivity index (χ2n) is 17.9. The number of non-ortho nitro benzene ring substituents is 1. The van der Waals surface area contributed by atoms with Gasteiger partial charge in [-0.2, -0.15) is 0 Å². The molecule has 9 atom stereocenters. The Morgan fingerprint density at radius 3 is 2.06 bits per heavy atom. The fourth-order valence-electron chi connectivity index (χ4n) is 8.64. The van der Waals surface area contributed by atoms with Gasteiger partial charge in [0.1, 0.15) is 17.9 Å². The number of nitro benzene ring substituents is 1. The molecule has 20 heteroatoms. The van der Waals surface area contributed by atoms with Crippen LogP contribution < -0.4 is 20.1 Å². The fraction of sp³-hybridized carbons (Fsp3) is 0.617. The monoisotopic (exact) mass is 944 g/mol. The van der Waals surface area contributed by atoms with Gasteiger partial charge >= 0.3 is 6.16 Å². The van der Waals surface area contributed by atoms with Crippen molar-refractivity contribution in [1.82, 2.24) is 25.3 Å². The van der Waals surface area contributed by atoms with Crippen LogP contribution in [0, 0.1) is 39.6 Å². The molecule has 4 amide bonds. The first-order valence-corrected chi connectivity index (χ1v) is 22.4. The van der Waals surface area contributed by atoms with Gasteiger partial charge in [0.25, 0.3) is 5.69 Å². The number of ether oxygens (including phenoxy) is 5. The van der Waals surface area contributed by atoms with Crippen LogP contribution in [0.2, 0.25) is 0 Å². The number of rotatable bonds is 24. The van der Waals surface area contributed by atoms with Crippen molar-refractivity contribution in [2.24, 2.45) is 23.7 Å². The summed E-state index contributed by atoms with van der Waals surface area (Å²) in [6.45, 7) is 12.3. The lowest BCUT2D eigenvalue weighted by Gasteiger charge is -2.41. The van der Waals surface area contributed by atoms with Gasteiger partial charge in [0.2, 0.25) is 23.6 Å². The normalized spacial score (nSPS) is 18.0. The van der Waals surface area contributed by atoms with E-state index in [2.05, 4.69) is 10.6 Å². The molecule has 0 aliphatic carbocycles. The number of nitrogens with one attached hydrogen (secondary N) is 2. The Balaban J connectivity index is 1.93. The number of hydrogen-bond acceptors (Lipinski definition) is 14. The van der Waals surface area contributed by atoms with Gasteiger partial charge in [-0.15, -0.1) is 0 Å². The maximum atomic E-state index is 14.7. The Morgan fingerprint density at radius 1 is 0.910 bits per heavy atom. The van der Waals surface area contributed by atoms with Crippen LogP contribution >= 0.6 is 0 Å². The van der Waals surface area contributed by atoms with Gasteiger partial charge in [0.05, 0.1) is 67.8 Å². The second-order valence-corrected chi connectivity index (χ2v) is 17.9. The molecule has 2 aromatic rings. The average Bonchev–Trinajstić information content (AvgIpc) is 3.69. The maximum absolute atomic E-state index is 14.7. The molecule has 1 aliphatic rings. The predicted octanol–water partition coefficient (Wildman–Crippen LogP) is 4.88. The summed E-state index contributed by atoms with van der Waals surface area (Å²) in [4.78, 5) is 97.7. The first-order chi connectivity index (χ1) is 31.5. The smallest absolute Gasteiger partial charge is 0.494 e. The van der Waals surface area contributed by atoms with Crippen molar-refractivity contribution < 1.29 is 61.8 Å². The van der Waals surface area contributed by atoms with Crippen molar-refractivity contribution in [3.05, 3.63) is 64.0 Å². The van der Waals surface area contributed by atoms with Crippen LogP contribution in [0.4, 0.5) is 14.9 Å². The molecule has 0 aromatic heterocycles. The number of nitrogens with zero attached hydrogens (tertiary/aromatic N) is 4. The van der Waals surface area contributed by atoms with Gasteiger partial charge in [-0.1, -0.05) is 54.9 Å². The molecule has 2 N–H and O–H groups in total. The largest absolute Gasteiger partial charge is 0.514 e. The van der Waals surface area contributed by atoms with E-state index in [1.54, 1.807) is 33.0 Å². The molecule has 3 rings (SSSR count).